The predicted molar refractivity (Wildman–Crippen MR) is 65.3 cm³/mol. The maximum Gasteiger partial charge on any atom is 0.302 e. The Bertz CT molecular complexity index is 173. The van der Waals surface area contributed by atoms with Crippen LogP contribution in [0.2, 0.25) is 0 Å². The SMILES string of the molecule is CCCC(CCOC(C)=O)S(C)(C)C. The van der Waals surface area contributed by atoms with Gasteiger partial charge in [0.25, 0.3) is 0 Å². The Morgan fingerprint density at radius 2 is 1.86 bits per heavy atom. The summed E-state index contributed by atoms with van der Waals surface area (Å²) in [4.78, 5) is 10.6. The molecule has 0 aromatic rings. The Morgan fingerprint density at radius 3 is 2.21 bits per heavy atom. The van der Waals surface area contributed by atoms with Crippen molar-refractivity contribution in [2.75, 3.05) is 25.4 Å². The Kier molecular flexibility index (Phi) is 6.25. The van der Waals surface area contributed by atoms with Crippen molar-refractivity contribution >= 4 is 16.0 Å². The molecule has 0 saturated carbocycles. The fourth-order valence-corrected chi connectivity index (χ4v) is 3.25. The summed E-state index contributed by atoms with van der Waals surface area (Å²) in [6, 6.07) is 0. The number of hydrogen-bond donors (Lipinski definition) is 0. The summed E-state index contributed by atoms with van der Waals surface area (Å²) in [5.74, 6) is -0.163. The van der Waals surface area contributed by atoms with Crippen molar-refractivity contribution in [1.29, 1.82) is 0 Å². The molecule has 0 heterocycles. The largest absolute Gasteiger partial charge is 0.466 e. The second-order valence-corrected chi connectivity index (χ2v) is 9.00. The minimum absolute atomic E-state index is 0.163. The fourth-order valence-electron chi connectivity index (χ4n) is 1.51. The zero-order valence-corrected chi connectivity index (χ0v) is 10.9. The van der Waals surface area contributed by atoms with Crippen molar-refractivity contribution < 1.29 is 9.53 Å². The molecule has 0 aliphatic heterocycles. The van der Waals surface area contributed by atoms with Gasteiger partial charge in [-0.2, -0.15) is 0 Å². The molecule has 1 atom stereocenters. The van der Waals surface area contributed by atoms with Gasteiger partial charge in [-0.25, -0.2) is 10.0 Å². The van der Waals surface area contributed by atoms with Gasteiger partial charge in [-0.1, -0.05) is 13.3 Å². The monoisotopic (exact) mass is 220 g/mol. The summed E-state index contributed by atoms with van der Waals surface area (Å²) < 4.78 is 4.99. The van der Waals surface area contributed by atoms with Gasteiger partial charge in [0, 0.05) is 6.92 Å². The van der Waals surface area contributed by atoms with Crippen molar-refractivity contribution in [3.05, 3.63) is 0 Å². The van der Waals surface area contributed by atoms with Crippen LogP contribution in [0.5, 0.6) is 0 Å². The van der Waals surface area contributed by atoms with Crippen LogP contribution in [0.1, 0.15) is 33.1 Å². The number of ether oxygens (including phenoxy) is 1. The average molecular weight is 220 g/mol. The van der Waals surface area contributed by atoms with Gasteiger partial charge in [0.1, 0.15) is 0 Å². The number of hydrogen-bond acceptors (Lipinski definition) is 2. The third kappa shape index (κ3) is 6.30. The third-order valence-electron chi connectivity index (χ3n) is 2.36. The van der Waals surface area contributed by atoms with Crippen molar-refractivity contribution in [3.8, 4) is 0 Å². The standard InChI is InChI=1S/C11H24O2S/c1-6-7-11(14(3,4)5)8-9-13-10(2)12/h11H,6-9H2,1-5H3. The molecular formula is C11H24O2S. The quantitative estimate of drug-likeness (QED) is 0.643. The van der Waals surface area contributed by atoms with Crippen LogP contribution in [-0.4, -0.2) is 36.6 Å². The lowest BCUT2D eigenvalue weighted by Crippen LogP contribution is -2.18. The minimum atomic E-state index is -0.516. The molecule has 0 radical (unpaired) electrons. The van der Waals surface area contributed by atoms with E-state index >= 15 is 0 Å². The summed E-state index contributed by atoms with van der Waals surface area (Å²) in [5, 5.41) is 0.729. The van der Waals surface area contributed by atoms with Crippen LogP contribution in [0.25, 0.3) is 0 Å². The number of esters is 1. The van der Waals surface area contributed by atoms with Gasteiger partial charge in [-0.3, -0.25) is 4.79 Å². The van der Waals surface area contributed by atoms with Gasteiger partial charge in [0.05, 0.1) is 6.61 Å². The lowest BCUT2D eigenvalue weighted by Gasteiger charge is -2.36. The van der Waals surface area contributed by atoms with E-state index in [9.17, 15) is 4.79 Å². The Labute approximate surface area is 89.7 Å². The van der Waals surface area contributed by atoms with Crippen molar-refractivity contribution in [2.24, 2.45) is 0 Å². The van der Waals surface area contributed by atoms with Crippen molar-refractivity contribution in [1.82, 2.24) is 0 Å². The first-order chi connectivity index (χ1) is 6.38. The number of rotatable bonds is 6. The molecule has 0 aromatic carbocycles. The third-order valence-corrected chi connectivity index (χ3v) is 4.83. The normalized spacial score (nSPS) is 14.9. The van der Waals surface area contributed by atoms with Crippen LogP contribution in [0, 0.1) is 0 Å². The second kappa shape index (κ2) is 6.33. The number of carbonyl (C=O) groups is 1. The van der Waals surface area contributed by atoms with Crippen molar-refractivity contribution in [3.63, 3.8) is 0 Å². The Morgan fingerprint density at radius 1 is 1.29 bits per heavy atom. The Balaban J connectivity index is 3.92. The molecule has 1 unspecified atom stereocenters. The zero-order valence-electron chi connectivity index (χ0n) is 10.1. The van der Waals surface area contributed by atoms with Crippen LogP contribution < -0.4 is 0 Å². The molecule has 0 aromatic heterocycles. The van der Waals surface area contributed by atoms with Gasteiger partial charge < -0.3 is 4.74 Å². The molecule has 0 saturated heterocycles. The number of carbonyl (C=O) groups excluding carboxylic acids is 1. The van der Waals surface area contributed by atoms with Crippen LogP contribution >= 0.6 is 10.0 Å². The highest BCUT2D eigenvalue weighted by atomic mass is 32.3. The molecule has 0 bridgehead atoms. The molecule has 2 nitrogen and oxygen atoms in total. The molecule has 0 N–H and O–H groups in total. The molecule has 14 heavy (non-hydrogen) atoms. The lowest BCUT2D eigenvalue weighted by atomic mass is 10.2. The molecule has 0 aliphatic rings. The predicted octanol–water partition coefficient (Wildman–Crippen LogP) is 2.80. The van der Waals surface area contributed by atoms with E-state index in [-0.39, 0.29) is 5.97 Å². The first kappa shape index (κ1) is 13.8. The first-order valence-electron chi connectivity index (χ1n) is 5.18. The van der Waals surface area contributed by atoms with Crippen LogP contribution in [0.4, 0.5) is 0 Å². The highest BCUT2D eigenvalue weighted by Gasteiger charge is 2.19. The van der Waals surface area contributed by atoms with E-state index in [1.807, 2.05) is 0 Å². The smallest absolute Gasteiger partial charge is 0.302 e. The summed E-state index contributed by atoms with van der Waals surface area (Å²) in [7, 11) is -0.516. The highest BCUT2D eigenvalue weighted by molar-refractivity contribution is 8.32. The van der Waals surface area contributed by atoms with E-state index in [4.69, 9.17) is 4.74 Å². The summed E-state index contributed by atoms with van der Waals surface area (Å²) >= 11 is 0. The fraction of sp³-hybridized carbons (Fsp3) is 0.909. The highest BCUT2D eigenvalue weighted by Crippen LogP contribution is 2.44. The van der Waals surface area contributed by atoms with Crippen LogP contribution in [0.3, 0.4) is 0 Å². The molecule has 0 amide bonds. The van der Waals surface area contributed by atoms with E-state index in [1.54, 1.807) is 0 Å². The molecule has 86 valence electrons. The summed E-state index contributed by atoms with van der Waals surface area (Å²) in [6.07, 6.45) is 10.5. The zero-order chi connectivity index (χ0) is 11.2. The Hall–Kier alpha value is -0.180. The summed E-state index contributed by atoms with van der Waals surface area (Å²) in [5.41, 5.74) is 0. The molecular weight excluding hydrogens is 196 g/mol. The van der Waals surface area contributed by atoms with Crippen LogP contribution in [-0.2, 0) is 9.53 Å². The molecule has 0 fully saturated rings. The van der Waals surface area contributed by atoms with Gasteiger partial charge in [-0.15, -0.1) is 0 Å². The van der Waals surface area contributed by atoms with E-state index in [1.165, 1.54) is 19.8 Å². The van der Waals surface area contributed by atoms with E-state index in [2.05, 4.69) is 25.7 Å². The minimum Gasteiger partial charge on any atom is -0.466 e. The van der Waals surface area contributed by atoms with E-state index < -0.39 is 10.0 Å². The molecule has 0 rings (SSSR count). The van der Waals surface area contributed by atoms with Crippen LogP contribution in [0.15, 0.2) is 0 Å². The molecule has 0 aliphatic carbocycles. The summed E-state index contributed by atoms with van der Waals surface area (Å²) in [6.45, 7) is 4.27. The van der Waals surface area contributed by atoms with Gasteiger partial charge in [0.15, 0.2) is 0 Å². The van der Waals surface area contributed by atoms with Gasteiger partial charge in [-0.05, 0) is 36.9 Å². The average Bonchev–Trinajstić information content (AvgIpc) is 2.00. The van der Waals surface area contributed by atoms with Gasteiger partial charge >= 0.3 is 5.97 Å². The van der Waals surface area contributed by atoms with E-state index in [0.717, 1.165) is 11.7 Å². The maximum absolute atomic E-state index is 10.6. The molecule has 3 heteroatoms. The van der Waals surface area contributed by atoms with E-state index in [0.29, 0.717) is 6.61 Å². The first-order valence-corrected chi connectivity index (χ1v) is 8.10. The molecule has 0 spiro atoms. The van der Waals surface area contributed by atoms with Gasteiger partial charge in [0.2, 0.25) is 0 Å². The lowest BCUT2D eigenvalue weighted by molar-refractivity contribution is -0.141. The van der Waals surface area contributed by atoms with Crippen molar-refractivity contribution in [2.45, 2.75) is 38.4 Å². The topological polar surface area (TPSA) is 26.3 Å². The maximum atomic E-state index is 10.6. The second-order valence-electron chi connectivity index (χ2n) is 4.47.